The Morgan fingerprint density at radius 2 is 1.51 bits per heavy atom. The lowest BCUT2D eigenvalue weighted by atomic mass is 10.1. The SMILES string of the molecule is NC(=O)c1ccccc1OCc1cccc(C(=O)N2CCN(C(=O)CN3C(=O)CCC3=O)CC2)c1. The van der Waals surface area contributed by atoms with Crippen LogP contribution in [0, 0.1) is 0 Å². The molecule has 182 valence electrons. The standard InChI is InChI=1S/C25H26N4O6/c26-24(33)19-6-1-2-7-20(19)35-16-17-4-3-5-18(14-17)25(34)28-12-10-27(11-13-28)23(32)15-29-21(30)8-9-22(29)31/h1-7,14H,8-13,15-16H2,(H2,26,33). The van der Waals surface area contributed by atoms with Crippen LogP contribution in [0.2, 0.25) is 0 Å². The number of para-hydroxylation sites is 1. The van der Waals surface area contributed by atoms with Crippen LogP contribution in [0.5, 0.6) is 5.75 Å². The van der Waals surface area contributed by atoms with Crippen molar-refractivity contribution in [2.45, 2.75) is 19.4 Å². The van der Waals surface area contributed by atoms with E-state index in [0.29, 0.717) is 37.5 Å². The number of imide groups is 1. The number of carbonyl (C=O) groups excluding carboxylic acids is 5. The molecule has 0 aliphatic carbocycles. The van der Waals surface area contributed by atoms with Gasteiger partial charge in [0.05, 0.1) is 5.56 Å². The number of rotatable bonds is 7. The Balaban J connectivity index is 1.32. The monoisotopic (exact) mass is 478 g/mol. The second kappa shape index (κ2) is 10.4. The van der Waals surface area contributed by atoms with Crippen LogP contribution in [0.25, 0.3) is 0 Å². The van der Waals surface area contributed by atoms with Gasteiger partial charge in [-0.1, -0.05) is 24.3 Å². The molecule has 10 nitrogen and oxygen atoms in total. The Bertz CT molecular complexity index is 1160. The van der Waals surface area contributed by atoms with Gasteiger partial charge in [0.25, 0.3) is 11.8 Å². The summed E-state index contributed by atoms with van der Waals surface area (Å²) < 4.78 is 5.75. The molecule has 0 aromatic heterocycles. The average Bonchev–Trinajstić information content (AvgIpc) is 3.19. The maximum atomic E-state index is 13.0. The first-order valence-corrected chi connectivity index (χ1v) is 11.3. The third-order valence-electron chi connectivity index (χ3n) is 6.09. The molecule has 4 rings (SSSR count). The molecule has 0 bridgehead atoms. The van der Waals surface area contributed by atoms with Gasteiger partial charge in [0.15, 0.2) is 0 Å². The first-order chi connectivity index (χ1) is 16.8. The summed E-state index contributed by atoms with van der Waals surface area (Å²) in [6, 6.07) is 13.7. The quantitative estimate of drug-likeness (QED) is 0.586. The largest absolute Gasteiger partial charge is 0.488 e. The van der Waals surface area contributed by atoms with E-state index in [4.69, 9.17) is 10.5 Å². The van der Waals surface area contributed by atoms with E-state index in [9.17, 15) is 24.0 Å². The smallest absolute Gasteiger partial charge is 0.253 e. The molecule has 2 aromatic carbocycles. The second-order valence-electron chi connectivity index (χ2n) is 8.40. The molecule has 2 aromatic rings. The fourth-order valence-electron chi connectivity index (χ4n) is 4.13. The van der Waals surface area contributed by atoms with Gasteiger partial charge in [0, 0.05) is 44.6 Å². The average molecular weight is 479 g/mol. The number of piperazine rings is 1. The third-order valence-corrected chi connectivity index (χ3v) is 6.09. The van der Waals surface area contributed by atoms with Gasteiger partial charge in [-0.15, -0.1) is 0 Å². The van der Waals surface area contributed by atoms with Crippen LogP contribution in [0.4, 0.5) is 0 Å². The number of hydrogen-bond acceptors (Lipinski definition) is 6. The molecule has 5 amide bonds. The Morgan fingerprint density at radius 1 is 0.857 bits per heavy atom. The Kier molecular flexibility index (Phi) is 7.09. The van der Waals surface area contributed by atoms with Crippen LogP contribution in [0.15, 0.2) is 48.5 Å². The van der Waals surface area contributed by atoms with Gasteiger partial charge < -0.3 is 20.3 Å². The van der Waals surface area contributed by atoms with E-state index >= 15 is 0 Å². The van der Waals surface area contributed by atoms with E-state index in [-0.39, 0.29) is 55.2 Å². The Morgan fingerprint density at radius 3 is 2.20 bits per heavy atom. The molecule has 2 N–H and O–H groups in total. The lowest BCUT2D eigenvalue weighted by molar-refractivity contribution is -0.146. The van der Waals surface area contributed by atoms with Gasteiger partial charge in [-0.25, -0.2) is 0 Å². The van der Waals surface area contributed by atoms with Crippen molar-refractivity contribution in [3.8, 4) is 5.75 Å². The minimum absolute atomic E-state index is 0.149. The topological polar surface area (TPSA) is 130 Å². The minimum atomic E-state index is -0.583. The van der Waals surface area contributed by atoms with Crippen LogP contribution in [0.1, 0.15) is 39.1 Å². The summed E-state index contributed by atoms with van der Waals surface area (Å²) in [6.07, 6.45) is 0.298. The van der Waals surface area contributed by atoms with Crippen molar-refractivity contribution >= 4 is 29.5 Å². The van der Waals surface area contributed by atoms with Crippen LogP contribution in [0.3, 0.4) is 0 Å². The zero-order valence-corrected chi connectivity index (χ0v) is 19.1. The summed E-state index contributed by atoms with van der Waals surface area (Å²) in [5.41, 5.74) is 6.91. The highest BCUT2D eigenvalue weighted by molar-refractivity contribution is 6.04. The third kappa shape index (κ3) is 5.48. The zero-order valence-electron chi connectivity index (χ0n) is 19.1. The van der Waals surface area contributed by atoms with Gasteiger partial charge in [0.2, 0.25) is 17.7 Å². The lowest BCUT2D eigenvalue weighted by Gasteiger charge is -2.35. The van der Waals surface area contributed by atoms with Gasteiger partial charge in [0.1, 0.15) is 18.9 Å². The van der Waals surface area contributed by atoms with Crippen molar-refractivity contribution in [1.29, 1.82) is 0 Å². The normalized spacial score (nSPS) is 15.9. The maximum Gasteiger partial charge on any atom is 0.253 e. The van der Waals surface area contributed by atoms with Crippen LogP contribution >= 0.6 is 0 Å². The molecule has 2 fully saturated rings. The summed E-state index contributed by atoms with van der Waals surface area (Å²) in [5.74, 6) is -1.31. The highest BCUT2D eigenvalue weighted by Crippen LogP contribution is 2.20. The predicted octanol–water partition coefficient (Wildman–Crippen LogP) is 0.798. The molecular weight excluding hydrogens is 452 g/mol. The van der Waals surface area contributed by atoms with E-state index in [0.717, 1.165) is 10.5 Å². The fraction of sp³-hybridized carbons (Fsp3) is 0.320. The Labute approximate surface area is 202 Å². The summed E-state index contributed by atoms with van der Waals surface area (Å²) >= 11 is 0. The van der Waals surface area contributed by atoms with Crippen molar-refractivity contribution in [3.63, 3.8) is 0 Å². The number of carbonyl (C=O) groups is 5. The van der Waals surface area contributed by atoms with E-state index < -0.39 is 5.91 Å². The Hall–Kier alpha value is -4.21. The van der Waals surface area contributed by atoms with E-state index in [1.54, 1.807) is 52.3 Å². The number of nitrogens with two attached hydrogens (primary N) is 1. The summed E-state index contributed by atoms with van der Waals surface area (Å²) in [4.78, 5) is 64.9. The number of benzene rings is 2. The van der Waals surface area contributed by atoms with Crippen LogP contribution < -0.4 is 10.5 Å². The first kappa shape index (κ1) is 23.9. The number of ether oxygens (including phenoxy) is 1. The van der Waals surface area contributed by atoms with E-state index in [2.05, 4.69) is 0 Å². The molecular formula is C25H26N4O6. The molecule has 2 aliphatic rings. The molecule has 0 atom stereocenters. The maximum absolute atomic E-state index is 13.0. The number of amides is 5. The van der Waals surface area contributed by atoms with Crippen LogP contribution in [-0.2, 0) is 21.0 Å². The fourth-order valence-corrected chi connectivity index (χ4v) is 4.13. The number of nitrogens with zero attached hydrogens (tertiary/aromatic N) is 3. The molecule has 35 heavy (non-hydrogen) atoms. The molecule has 10 heteroatoms. The van der Waals surface area contributed by atoms with E-state index in [1.165, 1.54) is 0 Å². The molecule has 0 spiro atoms. The molecule has 2 heterocycles. The molecule has 0 saturated carbocycles. The predicted molar refractivity (Wildman–Crippen MR) is 124 cm³/mol. The number of primary amides is 1. The van der Waals surface area contributed by atoms with Gasteiger partial charge >= 0.3 is 0 Å². The van der Waals surface area contributed by atoms with Gasteiger partial charge in [-0.2, -0.15) is 0 Å². The molecule has 2 saturated heterocycles. The van der Waals surface area contributed by atoms with Crippen molar-refractivity contribution in [1.82, 2.24) is 14.7 Å². The molecule has 0 radical (unpaired) electrons. The zero-order chi connectivity index (χ0) is 24.9. The van der Waals surface area contributed by atoms with Crippen molar-refractivity contribution in [2.24, 2.45) is 5.73 Å². The highest BCUT2D eigenvalue weighted by atomic mass is 16.5. The number of likely N-dealkylation sites (tertiary alicyclic amines) is 1. The summed E-state index contributed by atoms with van der Waals surface area (Å²) in [7, 11) is 0. The summed E-state index contributed by atoms with van der Waals surface area (Å²) in [5, 5.41) is 0. The molecule has 2 aliphatic heterocycles. The molecule has 0 unspecified atom stereocenters. The lowest BCUT2D eigenvalue weighted by Crippen LogP contribution is -2.53. The van der Waals surface area contributed by atoms with E-state index in [1.807, 2.05) is 6.07 Å². The first-order valence-electron chi connectivity index (χ1n) is 11.3. The van der Waals surface area contributed by atoms with Crippen molar-refractivity contribution < 1.29 is 28.7 Å². The van der Waals surface area contributed by atoms with Gasteiger partial charge in [-0.05, 0) is 29.8 Å². The number of hydrogen-bond donors (Lipinski definition) is 1. The minimum Gasteiger partial charge on any atom is -0.488 e. The van der Waals surface area contributed by atoms with Crippen molar-refractivity contribution in [2.75, 3.05) is 32.7 Å². The highest BCUT2D eigenvalue weighted by Gasteiger charge is 2.33. The van der Waals surface area contributed by atoms with Gasteiger partial charge in [-0.3, -0.25) is 28.9 Å². The van der Waals surface area contributed by atoms with Crippen molar-refractivity contribution in [3.05, 3.63) is 65.2 Å². The summed E-state index contributed by atoms with van der Waals surface area (Å²) in [6.45, 7) is 1.26. The second-order valence-corrected chi connectivity index (χ2v) is 8.40. The van der Waals surface area contributed by atoms with Crippen LogP contribution in [-0.4, -0.2) is 77.0 Å².